The number of hydrogen-bond donors (Lipinski definition) is 1. The topological polar surface area (TPSA) is 66.1 Å². The smallest absolute Gasteiger partial charge is 0.255 e. The number of carbonyl (C=O) groups is 1. The molecule has 0 spiro atoms. The highest BCUT2D eigenvalue weighted by atomic mass is 16.2. The van der Waals surface area contributed by atoms with Crippen LogP contribution >= 0.6 is 0 Å². The van der Waals surface area contributed by atoms with E-state index >= 15 is 0 Å². The summed E-state index contributed by atoms with van der Waals surface area (Å²) in [5, 5.41) is 1.01. The average Bonchev–Trinajstić information content (AvgIpc) is 2.73. The molecule has 0 bridgehead atoms. The van der Waals surface area contributed by atoms with E-state index in [1.165, 1.54) is 6.42 Å². The molecule has 3 aromatic rings. The van der Waals surface area contributed by atoms with Crippen molar-refractivity contribution < 1.29 is 4.79 Å². The van der Waals surface area contributed by atoms with E-state index in [0.29, 0.717) is 17.7 Å². The standard InChI is InChI=1S/C24H27N3O2/c1-16-11-17(2)22-19(12-16)13-20(23(28)26-22)15-27(21-8-4-3-5-9-21)24(29)18-7-6-10-25-14-18/h6-7,10-14,21H,3-5,8-9,15H2,1-2H3,(H,26,28). The van der Waals surface area contributed by atoms with E-state index in [-0.39, 0.29) is 17.5 Å². The summed E-state index contributed by atoms with van der Waals surface area (Å²) in [5.41, 5.74) is 4.16. The Morgan fingerprint density at radius 2 is 1.97 bits per heavy atom. The number of nitrogens with zero attached hydrogens (tertiary/aromatic N) is 2. The van der Waals surface area contributed by atoms with E-state index in [1.807, 2.05) is 17.9 Å². The molecule has 0 atom stereocenters. The molecule has 150 valence electrons. The Bertz CT molecular complexity index is 1080. The van der Waals surface area contributed by atoms with Gasteiger partial charge in [-0.15, -0.1) is 0 Å². The molecule has 5 nitrogen and oxygen atoms in total. The van der Waals surface area contributed by atoms with Crippen molar-refractivity contribution in [3.05, 3.63) is 75.3 Å². The number of aryl methyl sites for hydroxylation is 2. The van der Waals surface area contributed by atoms with Crippen molar-refractivity contribution in [3.63, 3.8) is 0 Å². The number of benzene rings is 1. The summed E-state index contributed by atoms with van der Waals surface area (Å²) < 4.78 is 0. The van der Waals surface area contributed by atoms with Crippen molar-refractivity contribution in [2.24, 2.45) is 0 Å². The Hall–Kier alpha value is -2.95. The normalized spacial score (nSPS) is 14.8. The Morgan fingerprint density at radius 1 is 1.17 bits per heavy atom. The fourth-order valence-corrected chi connectivity index (χ4v) is 4.45. The van der Waals surface area contributed by atoms with Gasteiger partial charge in [0.1, 0.15) is 0 Å². The fourth-order valence-electron chi connectivity index (χ4n) is 4.45. The number of nitrogens with one attached hydrogen (secondary N) is 1. The number of pyridine rings is 2. The van der Waals surface area contributed by atoms with E-state index in [0.717, 1.165) is 47.7 Å². The predicted molar refractivity (Wildman–Crippen MR) is 115 cm³/mol. The van der Waals surface area contributed by atoms with Crippen LogP contribution in [-0.4, -0.2) is 26.8 Å². The van der Waals surface area contributed by atoms with Gasteiger partial charge in [-0.1, -0.05) is 30.9 Å². The first kappa shape index (κ1) is 19.4. The van der Waals surface area contributed by atoms with Crippen LogP contribution in [0.5, 0.6) is 0 Å². The lowest BCUT2D eigenvalue weighted by molar-refractivity contribution is 0.0613. The van der Waals surface area contributed by atoms with Crippen LogP contribution in [0.3, 0.4) is 0 Å². The van der Waals surface area contributed by atoms with Gasteiger partial charge in [-0.3, -0.25) is 14.6 Å². The van der Waals surface area contributed by atoms with Crippen molar-refractivity contribution in [2.75, 3.05) is 0 Å². The van der Waals surface area contributed by atoms with Gasteiger partial charge in [0.25, 0.3) is 11.5 Å². The minimum atomic E-state index is -0.121. The van der Waals surface area contributed by atoms with E-state index in [4.69, 9.17) is 0 Å². The molecule has 2 aromatic heterocycles. The number of amides is 1. The molecule has 4 rings (SSSR count). The van der Waals surface area contributed by atoms with E-state index in [1.54, 1.807) is 24.5 Å². The van der Waals surface area contributed by atoms with Crippen molar-refractivity contribution in [2.45, 2.75) is 58.5 Å². The number of H-pyrrole nitrogens is 1. The molecule has 0 saturated heterocycles. The summed E-state index contributed by atoms with van der Waals surface area (Å²) in [7, 11) is 0. The maximum absolute atomic E-state index is 13.3. The number of carbonyl (C=O) groups excluding carboxylic acids is 1. The van der Waals surface area contributed by atoms with Crippen molar-refractivity contribution in [1.82, 2.24) is 14.9 Å². The van der Waals surface area contributed by atoms with Crippen LogP contribution in [0.25, 0.3) is 10.9 Å². The zero-order chi connectivity index (χ0) is 20.4. The lowest BCUT2D eigenvalue weighted by atomic mass is 9.93. The van der Waals surface area contributed by atoms with Crippen LogP contribution in [0.4, 0.5) is 0 Å². The maximum atomic E-state index is 13.3. The molecule has 29 heavy (non-hydrogen) atoms. The minimum absolute atomic E-state index is 0.0510. The second-order valence-corrected chi connectivity index (χ2v) is 8.14. The average molecular weight is 389 g/mol. The third-order valence-electron chi connectivity index (χ3n) is 5.90. The third kappa shape index (κ3) is 4.09. The predicted octanol–water partition coefficient (Wildman–Crippen LogP) is 4.52. The Balaban J connectivity index is 1.73. The van der Waals surface area contributed by atoms with Gasteiger partial charge < -0.3 is 9.88 Å². The summed E-state index contributed by atoms with van der Waals surface area (Å²) in [6.45, 7) is 4.37. The lowest BCUT2D eigenvalue weighted by Gasteiger charge is -2.34. The number of fused-ring (bicyclic) bond motifs is 1. The molecule has 1 aliphatic carbocycles. The first-order valence-corrected chi connectivity index (χ1v) is 10.4. The van der Waals surface area contributed by atoms with Crippen molar-refractivity contribution >= 4 is 16.8 Å². The summed E-state index contributed by atoms with van der Waals surface area (Å²) in [4.78, 5) is 35.2. The molecule has 1 N–H and O–H groups in total. The molecule has 1 aromatic carbocycles. The summed E-state index contributed by atoms with van der Waals surface area (Å²) in [6.07, 6.45) is 8.68. The van der Waals surface area contributed by atoms with Crippen molar-refractivity contribution in [3.8, 4) is 0 Å². The number of aromatic amines is 1. The van der Waals surface area contributed by atoms with Gasteiger partial charge in [-0.05, 0) is 61.9 Å². The van der Waals surface area contributed by atoms with Gasteiger partial charge >= 0.3 is 0 Å². The van der Waals surface area contributed by atoms with Gasteiger partial charge in [0, 0.05) is 24.0 Å². The molecule has 2 heterocycles. The molecule has 1 aliphatic rings. The van der Waals surface area contributed by atoms with Crippen LogP contribution in [0.15, 0.2) is 47.5 Å². The third-order valence-corrected chi connectivity index (χ3v) is 5.90. The van der Waals surface area contributed by atoms with Crippen LogP contribution in [0.2, 0.25) is 0 Å². The maximum Gasteiger partial charge on any atom is 0.255 e. The molecule has 0 unspecified atom stereocenters. The highest BCUT2D eigenvalue weighted by Gasteiger charge is 2.27. The minimum Gasteiger partial charge on any atom is -0.331 e. The highest BCUT2D eigenvalue weighted by Crippen LogP contribution is 2.26. The van der Waals surface area contributed by atoms with Crippen LogP contribution < -0.4 is 5.56 Å². The second kappa shape index (κ2) is 8.19. The van der Waals surface area contributed by atoms with Gasteiger partial charge in [0.2, 0.25) is 0 Å². The zero-order valence-corrected chi connectivity index (χ0v) is 17.1. The SMILES string of the molecule is Cc1cc(C)c2[nH]c(=O)c(CN(C(=O)c3cccnc3)C3CCCCC3)cc2c1. The van der Waals surface area contributed by atoms with E-state index in [9.17, 15) is 9.59 Å². The molecule has 1 saturated carbocycles. The lowest BCUT2D eigenvalue weighted by Crippen LogP contribution is -2.42. The van der Waals surface area contributed by atoms with Crippen LogP contribution in [0, 0.1) is 13.8 Å². The largest absolute Gasteiger partial charge is 0.331 e. The molecule has 0 aliphatic heterocycles. The van der Waals surface area contributed by atoms with Gasteiger partial charge in [-0.25, -0.2) is 0 Å². The molecule has 5 heteroatoms. The summed E-state index contributed by atoms with van der Waals surface area (Å²) in [6, 6.07) is 9.82. The second-order valence-electron chi connectivity index (χ2n) is 8.14. The quantitative estimate of drug-likeness (QED) is 0.714. The Labute approximate surface area is 170 Å². The molecule has 0 radical (unpaired) electrons. The zero-order valence-electron chi connectivity index (χ0n) is 17.1. The first-order valence-electron chi connectivity index (χ1n) is 10.4. The number of rotatable bonds is 4. The van der Waals surface area contributed by atoms with Crippen molar-refractivity contribution in [1.29, 1.82) is 0 Å². The molecule has 1 fully saturated rings. The molecular formula is C24H27N3O2. The van der Waals surface area contributed by atoms with Gasteiger partial charge in [0.15, 0.2) is 0 Å². The fraction of sp³-hybridized carbons (Fsp3) is 0.375. The van der Waals surface area contributed by atoms with E-state index < -0.39 is 0 Å². The molecular weight excluding hydrogens is 362 g/mol. The Morgan fingerprint density at radius 3 is 2.69 bits per heavy atom. The van der Waals surface area contributed by atoms with Crippen LogP contribution in [0.1, 0.15) is 59.2 Å². The number of aromatic nitrogens is 2. The van der Waals surface area contributed by atoms with Crippen LogP contribution in [-0.2, 0) is 6.54 Å². The first-order chi connectivity index (χ1) is 14.0. The van der Waals surface area contributed by atoms with Gasteiger partial charge in [0.05, 0.1) is 17.6 Å². The summed E-state index contributed by atoms with van der Waals surface area (Å²) >= 11 is 0. The monoisotopic (exact) mass is 389 g/mol. The Kier molecular flexibility index (Phi) is 5.47. The van der Waals surface area contributed by atoms with Gasteiger partial charge in [-0.2, -0.15) is 0 Å². The summed E-state index contributed by atoms with van der Waals surface area (Å²) in [5.74, 6) is -0.0510. The molecule has 1 amide bonds. The van der Waals surface area contributed by atoms with E-state index in [2.05, 4.69) is 29.0 Å². The highest BCUT2D eigenvalue weighted by molar-refractivity contribution is 5.94. The number of hydrogen-bond acceptors (Lipinski definition) is 3.